The number of hydrogen-bond donors (Lipinski definition) is 1. The van der Waals surface area contributed by atoms with E-state index in [0.29, 0.717) is 10.8 Å². The van der Waals surface area contributed by atoms with Crippen LogP contribution < -0.4 is 14.2 Å². The standard InChI is InChI=1S/C16H18ClNO4S/c1-11-4-5-12(8-14(11)17)10-18-23(19,20)16-9-13(21-2)6-7-15(16)22-3/h4-9,18H,10H2,1-3H3. The van der Waals surface area contributed by atoms with Gasteiger partial charge in [-0.05, 0) is 36.2 Å². The normalized spacial score (nSPS) is 11.3. The van der Waals surface area contributed by atoms with Crippen LogP contribution in [0, 0.1) is 6.92 Å². The number of halogens is 1. The minimum absolute atomic E-state index is 0.0255. The number of rotatable bonds is 6. The summed E-state index contributed by atoms with van der Waals surface area (Å²) in [5.41, 5.74) is 1.71. The zero-order valence-corrected chi connectivity index (χ0v) is 14.7. The van der Waals surface area contributed by atoms with Gasteiger partial charge in [-0.25, -0.2) is 13.1 Å². The second-order valence-electron chi connectivity index (χ2n) is 4.92. The molecule has 5 nitrogen and oxygen atoms in total. The Labute approximate surface area is 141 Å². The first-order chi connectivity index (χ1) is 10.9. The summed E-state index contributed by atoms with van der Waals surface area (Å²) in [4.78, 5) is 0.0255. The molecule has 0 aliphatic heterocycles. The molecule has 0 bridgehead atoms. The van der Waals surface area contributed by atoms with E-state index in [1.54, 1.807) is 18.2 Å². The molecule has 2 aromatic rings. The second kappa shape index (κ2) is 7.21. The molecule has 2 rings (SSSR count). The third-order valence-electron chi connectivity index (χ3n) is 3.36. The molecule has 0 unspecified atom stereocenters. The zero-order chi connectivity index (χ0) is 17.0. The summed E-state index contributed by atoms with van der Waals surface area (Å²) in [6.45, 7) is 2.01. The number of sulfonamides is 1. The van der Waals surface area contributed by atoms with E-state index in [1.807, 2.05) is 19.1 Å². The lowest BCUT2D eigenvalue weighted by atomic mass is 10.1. The lowest BCUT2D eigenvalue weighted by molar-refractivity contribution is 0.392. The highest BCUT2D eigenvalue weighted by molar-refractivity contribution is 7.89. The molecule has 7 heteroatoms. The van der Waals surface area contributed by atoms with Crippen LogP contribution in [0.15, 0.2) is 41.3 Å². The second-order valence-corrected chi connectivity index (χ2v) is 7.07. The summed E-state index contributed by atoms with van der Waals surface area (Å²) < 4.78 is 37.8. The summed E-state index contributed by atoms with van der Waals surface area (Å²) in [6.07, 6.45) is 0. The van der Waals surface area contributed by atoms with Crippen molar-refractivity contribution in [1.82, 2.24) is 4.72 Å². The number of methoxy groups -OCH3 is 2. The average Bonchev–Trinajstić information content (AvgIpc) is 2.55. The van der Waals surface area contributed by atoms with E-state index in [9.17, 15) is 8.42 Å². The topological polar surface area (TPSA) is 64.6 Å². The van der Waals surface area contributed by atoms with Gasteiger partial charge in [-0.15, -0.1) is 0 Å². The largest absolute Gasteiger partial charge is 0.497 e. The minimum Gasteiger partial charge on any atom is -0.497 e. The highest BCUT2D eigenvalue weighted by atomic mass is 35.5. The monoisotopic (exact) mass is 355 g/mol. The van der Waals surface area contributed by atoms with Gasteiger partial charge in [-0.1, -0.05) is 23.7 Å². The van der Waals surface area contributed by atoms with E-state index in [0.717, 1.165) is 11.1 Å². The Morgan fingerprint density at radius 2 is 1.83 bits per heavy atom. The van der Waals surface area contributed by atoms with Gasteiger partial charge >= 0.3 is 0 Å². The summed E-state index contributed by atoms with van der Waals surface area (Å²) in [5.74, 6) is 0.685. The van der Waals surface area contributed by atoms with Gasteiger partial charge in [0.15, 0.2) is 0 Å². The maximum Gasteiger partial charge on any atom is 0.244 e. The molecule has 23 heavy (non-hydrogen) atoms. The Bertz CT molecular complexity index is 806. The third kappa shape index (κ3) is 4.16. The Morgan fingerprint density at radius 3 is 2.43 bits per heavy atom. The smallest absolute Gasteiger partial charge is 0.244 e. The van der Waals surface area contributed by atoms with Crippen LogP contribution in [0.2, 0.25) is 5.02 Å². The predicted molar refractivity (Wildman–Crippen MR) is 89.8 cm³/mol. The molecule has 2 aromatic carbocycles. The van der Waals surface area contributed by atoms with Gasteiger partial charge < -0.3 is 9.47 Å². The van der Waals surface area contributed by atoms with Gasteiger partial charge in [0, 0.05) is 17.6 Å². The molecule has 0 saturated heterocycles. The average molecular weight is 356 g/mol. The van der Waals surface area contributed by atoms with Crippen molar-refractivity contribution >= 4 is 21.6 Å². The van der Waals surface area contributed by atoms with Crippen molar-refractivity contribution in [1.29, 1.82) is 0 Å². The van der Waals surface area contributed by atoms with Crippen LogP contribution >= 0.6 is 11.6 Å². The maximum atomic E-state index is 12.5. The Kier molecular flexibility index (Phi) is 5.51. The van der Waals surface area contributed by atoms with E-state index in [1.165, 1.54) is 20.3 Å². The lowest BCUT2D eigenvalue weighted by Crippen LogP contribution is -2.23. The van der Waals surface area contributed by atoms with Crippen LogP contribution in [0.25, 0.3) is 0 Å². The SMILES string of the molecule is COc1ccc(OC)c(S(=O)(=O)NCc2ccc(C)c(Cl)c2)c1. The Balaban J connectivity index is 2.26. The third-order valence-corrected chi connectivity index (χ3v) is 5.19. The molecule has 0 atom stereocenters. The van der Waals surface area contributed by atoms with Crippen molar-refractivity contribution in [3.05, 3.63) is 52.5 Å². The predicted octanol–water partition coefficient (Wildman–Crippen LogP) is 3.14. The quantitative estimate of drug-likeness (QED) is 0.864. The first kappa shape index (κ1) is 17.6. The fourth-order valence-corrected chi connectivity index (χ4v) is 3.40. The molecule has 0 aliphatic carbocycles. The van der Waals surface area contributed by atoms with Crippen molar-refractivity contribution in [3.8, 4) is 11.5 Å². The van der Waals surface area contributed by atoms with Crippen molar-refractivity contribution in [2.75, 3.05) is 14.2 Å². The molecule has 0 amide bonds. The summed E-state index contributed by atoms with van der Waals surface area (Å²) in [5, 5.41) is 0.598. The van der Waals surface area contributed by atoms with Crippen molar-refractivity contribution in [2.24, 2.45) is 0 Å². The fourth-order valence-electron chi connectivity index (χ4n) is 2.00. The molecule has 0 aromatic heterocycles. The molecular weight excluding hydrogens is 338 g/mol. The van der Waals surface area contributed by atoms with E-state index >= 15 is 0 Å². The van der Waals surface area contributed by atoms with Crippen LogP contribution in [0.1, 0.15) is 11.1 Å². The zero-order valence-electron chi connectivity index (χ0n) is 13.1. The van der Waals surface area contributed by atoms with Crippen LogP contribution in [0.4, 0.5) is 0 Å². The van der Waals surface area contributed by atoms with Gasteiger partial charge in [0.05, 0.1) is 14.2 Å². The highest BCUT2D eigenvalue weighted by Crippen LogP contribution is 2.28. The van der Waals surface area contributed by atoms with Crippen molar-refractivity contribution < 1.29 is 17.9 Å². The van der Waals surface area contributed by atoms with E-state index in [2.05, 4.69) is 4.72 Å². The molecule has 0 fully saturated rings. The molecule has 0 radical (unpaired) electrons. The van der Waals surface area contributed by atoms with Gasteiger partial charge in [0.2, 0.25) is 10.0 Å². The first-order valence-corrected chi connectivity index (χ1v) is 8.70. The fraction of sp³-hybridized carbons (Fsp3) is 0.250. The summed E-state index contributed by atoms with van der Waals surface area (Å²) >= 11 is 6.05. The lowest BCUT2D eigenvalue weighted by Gasteiger charge is -2.12. The molecule has 1 N–H and O–H groups in total. The van der Waals surface area contributed by atoms with Gasteiger partial charge in [-0.3, -0.25) is 0 Å². The Morgan fingerprint density at radius 1 is 1.09 bits per heavy atom. The molecule has 0 heterocycles. The number of nitrogens with one attached hydrogen (secondary N) is 1. The van der Waals surface area contributed by atoms with Gasteiger partial charge in [0.1, 0.15) is 16.4 Å². The number of ether oxygens (including phenoxy) is 2. The van der Waals surface area contributed by atoms with E-state index < -0.39 is 10.0 Å². The summed E-state index contributed by atoms with van der Waals surface area (Å²) in [6, 6.07) is 10.0. The molecule has 0 aliphatic rings. The molecular formula is C16H18ClNO4S. The van der Waals surface area contributed by atoms with Crippen LogP contribution in [0.3, 0.4) is 0 Å². The van der Waals surface area contributed by atoms with Gasteiger partial charge in [-0.2, -0.15) is 0 Å². The summed E-state index contributed by atoms with van der Waals surface area (Å²) in [7, 11) is -0.865. The number of aryl methyl sites for hydroxylation is 1. The maximum absolute atomic E-state index is 12.5. The molecule has 0 spiro atoms. The van der Waals surface area contributed by atoms with Crippen LogP contribution in [0.5, 0.6) is 11.5 Å². The molecule has 124 valence electrons. The highest BCUT2D eigenvalue weighted by Gasteiger charge is 2.20. The number of hydrogen-bond acceptors (Lipinski definition) is 4. The van der Waals surface area contributed by atoms with E-state index in [-0.39, 0.29) is 17.2 Å². The van der Waals surface area contributed by atoms with Crippen molar-refractivity contribution in [2.45, 2.75) is 18.4 Å². The molecule has 0 saturated carbocycles. The van der Waals surface area contributed by atoms with Gasteiger partial charge in [0.25, 0.3) is 0 Å². The van der Waals surface area contributed by atoms with Crippen LogP contribution in [-0.2, 0) is 16.6 Å². The Hall–Kier alpha value is -1.76. The van der Waals surface area contributed by atoms with E-state index in [4.69, 9.17) is 21.1 Å². The van der Waals surface area contributed by atoms with Crippen molar-refractivity contribution in [3.63, 3.8) is 0 Å². The first-order valence-electron chi connectivity index (χ1n) is 6.84. The minimum atomic E-state index is -3.75. The number of benzene rings is 2. The van der Waals surface area contributed by atoms with Crippen LogP contribution in [-0.4, -0.2) is 22.6 Å².